The van der Waals surface area contributed by atoms with E-state index in [-0.39, 0.29) is 11.9 Å². The molecule has 1 aromatic heterocycles. The molecule has 1 aromatic carbocycles. The molecule has 1 heterocycles. The Labute approximate surface area is 108 Å². The Bertz CT molecular complexity index is 524. The van der Waals surface area contributed by atoms with Crippen LogP contribution < -0.4 is 5.73 Å². The Kier molecular flexibility index (Phi) is 3.64. The lowest BCUT2D eigenvalue weighted by Crippen LogP contribution is -2.14. The van der Waals surface area contributed by atoms with Crippen LogP contribution in [0.1, 0.15) is 22.9 Å². The van der Waals surface area contributed by atoms with Crippen LogP contribution in [0.2, 0.25) is 0 Å². The topological polar surface area (TPSA) is 39.2 Å². The van der Waals surface area contributed by atoms with E-state index in [1.807, 2.05) is 13.0 Å². The van der Waals surface area contributed by atoms with Gasteiger partial charge in [-0.3, -0.25) is 0 Å². The van der Waals surface area contributed by atoms with Crippen LogP contribution in [0.5, 0.6) is 0 Å². The predicted octanol–water partition coefficient (Wildman–Crippen LogP) is 3.73. The number of hydrogen-bond donors (Lipinski definition) is 1. The lowest BCUT2D eigenvalue weighted by molar-refractivity contribution is 0.522. The first-order chi connectivity index (χ1) is 8.08. The average molecular weight is 298 g/mol. The van der Waals surface area contributed by atoms with Crippen LogP contribution in [-0.4, -0.2) is 0 Å². The molecule has 1 atom stereocenters. The number of aryl methyl sites for hydroxylation is 1. The molecule has 0 fully saturated rings. The van der Waals surface area contributed by atoms with Gasteiger partial charge in [-0.05, 0) is 43.2 Å². The second kappa shape index (κ2) is 5.02. The fraction of sp³-hybridized carbons (Fsp3) is 0.231. The van der Waals surface area contributed by atoms with Crippen molar-refractivity contribution in [2.45, 2.75) is 19.4 Å². The monoisotopic (exact) mass is 297 g/mol. The summed E-state index contributed by atoms with van der Waals surface area (Å²) in [6.07, 6.45) is 2.05. The fourth-order valence-corrected chi connectivity index (χ4v) is 2.23. The Morgan fingerprint density at radius 1 is 1.41 bits per heavy atom. The number of halogens is 2. The molecule has 0 aliphatic carbocycles. The van der Waals surface area contributed by atoms with E-state index in [1.54, 1.807) is 18.4 Å². The molecule has 0 bridgehead atoms. The first kappa shape index (κ1) is 12.3. The number of rotatable bonds is 3. The van der Waals surface area contributed by atoms with Crippen molar-refractivity contribution < 1.29 is 8.81 Å². The second-order valence-corrected chi connectivity index (χ2v) is 4.89. The molecule has 2 aromatic rings. The molecule has 17 heavy (non-hydrogen) atoms. The number of hydrogen-bond acceptors (Lipinski definition) is 2. The maximum absolute atomic E-state index is 13.6. The van der Waals surface area contributed by atoms with E-state index >= 15 is 0 Å². The third-order valence-corrected chi connectivity index (χ3v) is 3.24. The molecular weight excluding hydrogens is 285 g/mol. The Morgan fingerprint density at radius 3 is 2.82 bits per heavy atom. The van der Waals surface area contributed by atoms with E-state index in [0.717, 1.165) is 15.8 Å². The molecular formula is C13H13BrFNO. The van der Waals surface area contributed by atoms with Gasteiger partial charge in [0.2, 0.25) is 0 Å². The summed E-state index contributed by atoms with van der Waals surface area (Å²) in [5.74, 6) is 0.553. The predicted molar refractivity (Wildman–Crippen MR) is 68.2 cm³/mol. The van der Waals surface area contributed by atoms with Crippen LogP contribution in [0, 0.1) is 12.7 Å². The molecule has 0 spiro atoms. The van der Waals surface area contributed by atoms with Gasteiger partial charge in [-0.2, -0.15) is 0 Å². The molecule has 0 saturated heterocycles. The van der Waals surface area contributed by atoms with Gasteiger partial charge >= 0.3 is 0 Å². The maximum atomic E-state index is 13.6. The van der Waals surface area contributed by atoms with E-state index in [9.17, 15) is 4.39 Å². The molecule has 0 aliphatic heterocycles. The van der Waals surface area contributed by atoms with Crippen LogP contribution >= 0.6 is 15.9 Å². The lowest BCUT2D eigenvalue weighted by Gasteiger charge is -2.11. The highest BCUT2D eigenvalue weighted by molar-refractivity contribution is 9.10. The first-order valence-electron chi connectivity index (χ1n) is 5.31. The van der Waals surface area contributed by atoms with Crippen molar-refractivity contribution in [1.82, 2.24) is 0 Å². The highest BCUT2D eigenvalue weighted by atomic mass is 79.9. The van der Waals surface area contributed by atoms with Crippen molar-refractivity contribution in [3.8, 4) is 0 Å². The summed E-state index contributed by atoms with van der Waals surface area (Å²) in [5, 5.41) is 0. The van der Waals surface area contributed by atoms with Gasteiger partial charge in [0.15, 0.2) is 0 Å². The summed E-state index contributed by atoms with van der Waals surface area (Å²) >= 11 is 3.32. The minimum Gasteiger partial charge on any atom is -0.469 e. The quantitative estimate of drug-likeness (QED) is 0.937. The van der Waals surface area contributed by atoms with Gasteiger partial charge in [-0.1, -0.05) is 15.9 Å². The summed E-state index contributed by atoms with van der Waals surface area (Å²) in [4.78, 5) is 0. The van der Waals surface area contributed by atoms with Crippen LogP contribution in [-0.2, 0) is 6.42 Å². The Hall–Kier alpha value is -1.13. The molecule has 90 valence electrons. The van der Waals surface area contributed by atoms with Gasteiger partial charge in [-0.25, -0.2) is 4.39 Å². The summed E-state index contributed by atoms with van der Waals surface area (Å²) in [7, 11) is 0. The van der Waals surface area contributed by atoms with Gasteiger partial charge < -0.3 is 10.2 Å². The highest BCUT2D eigenvalue weighted by Crippen LogP contribution is 2.23. The molecule has 2 nitrogen and oxygen atoms in total. The van der Waals surface area contributed by atoms with Gasteiger partial charge in [0, 0.05) is 16.1 Å². The zero-order chi connectivity index (χ0) is 12.4. The third kappa shape index (κ3) is 2.76. The van der Waals surface area contributed by atoms with Crippen molar-refractivity contribution in [3.63, 3.8) is 0 Å². The van der Waals surface area contributed by atoms with Gasteiger partial charge in [0.1, 0.15) is 11.6 Å². The molecule has 0 radical (unpaired) electrons. The van der Waals surface area contributed by atoms with Gasteiger partial charge in [0.25, 0.3) is 0 Å². The van der Waals surface area contributed by atoms with E-state index in [1.165, 1.54) is 6.07 Å². The van der Waals surface area contributed by atoms with E-state index in [2.05, 4.69) is 15.9 Å². The van der Waals surface area contributed by atoms with E-state index in [0.29, 0.717) is 12.0 Å². The molecule has 4 heteroatoms. The first-order valence-corrected chi connectivity index (χ1v) is 6.10. The summed E-state index contributed by atoms with van der Waals surface area (Å²) in [5.41, 5.74) is 7.57. The van der Waals surface area contributed by atoms with Gasteiger partial charge in [-0.15, -0.1) is 0 Å². The van der Waals surface area contributed by atoms with Crippen molar-refractivity contribution in [1.29, 1.82) is 0 Å². The summed E-state index contributed by atoms with van der Waals surface area (Å²) in [6.45, 7) is 1.85. The number of benzene rings is 1. The fourth-order valence-electron chi connectivity index (χ4n) is 1.83. The lowest BCUT2D eigenvalue weighted by atomic mass is 10.00. The largest absolute Gasteiger partial charge is 0.469 e. The smallest absolute Gasteiger partial charge is 0.126 e. The summed E-state index contributed by atoms with van der Waals surface area (Å²) in [6, 6.07) is 6.44. The maximum Gasteiger partial charge on any atom is 0.126 e. The third-order valence-electron chi connectivity index (χ3n) is 2.75. The molecule has 0 aliphatic rings. The van der Waals surface area contributed by atoms with Crippen molar-refractivity contribution in [2.75, 3.05) is 0 Å². The highest BCUT2D eigenvalue weighted by Gasteiger charge is 2.14. The molecule has 0 amide bonds. The Balaban J connectivity index is 2.21. The Morgan fingerprint density at radius 2 is 2.18 bits per heavy atom. The standard InChI is InChI=1S/C13H13BrFNO/c1-8-11(4-5-17-8)13(16)7-9-6-10(14)2-3-12(9)15/h2-6,13H,7,16H2,1H3. The van der Waals surface area contributed by atoms with Gasteiger partial charge in [0.05, 0.1) is 6.26 Å². The number of furan rings is 1. The van der Waals surface area contributed by atoms with Crippen molar-refractivity contribution in [3.05, 3.63) is 57.7 Å². The molecule has 1 unspecified atom stereocenters. The van der Waals surface area contributed by atoms with E-state index < -0.39 is 0 Å². The zero-order valence-electron chi connectivity index (χ0n) is 9.41. The summed E-state index contributed by atoms with van der Waals surface area (Å²) < 4.78 is 19.6. The van der Waals surface area contributed by atoms with Crippen molar-refractivity contribution >= 4 is 15.9 Å². The van der Waals surface area contributed by atoms with Crippen LogP contribution in [0.4, 0.5) is 4.39 Å². The minimum atomic E-state index is -0.252. The van der Waals surface area contributed by atoms with Crippen LogP contribution in [0.3, 0.4) is 0 Å². The van der Waals surface area contributed by atoms with E-state index in [4.69, 9.17) is 10.2 Å². The SMILES string of the molecule is Cc1occc1C(N)Cc1cc(Br)ccc1F. The number of nitrogens with two attached hydrogens (primary N) is 1. The zero-order valence-corrected chi connectivity index (χ0v) is 11.0. The molecule has 2 N–H and O–H groups in total. The normalized spacial score (nSPS) is 12.7. The van der Waals surface area contributed by atoms with Crippen LogP contribution in [0.15, 0.2) is 39.4 Å². The van der Waals surface area contributed by atoms with Crippen molar-refractivity contribution in [2.24, 2.45) is 5.73 Å². The average Bonchev–Trinajstić information content (AvgIpc) is 2.70. The van der Waals surface area contributed by atoms with Crippen LogP contribution in [0.25, 0.3) is 0 Å². The second-order valence-electron chi connectivity index (χ2n) is 3.98. The molecule has 2 rings (SSSR count). The minimum absolute atomic E-state index is 0.232. The molecule has 0 saturated carbocycles.